The highest BCUT2D eigenvalue weighted by Crippen LogP contribution is 2.38. The highest BCUT2D eigenvalue weighted by molar-refractivity contribution is 4.97. The monoisotopic (exact) mass is 256 g/mol. The zero-order valence-corrected chi connectivity index (χ0v) is 12.7. The van der Waals surface area contributed by atoms with E-state index in [-0.39, 0.29) is 5.54 Å². The van der Waals surface area contributed by atoms with Crippen molar-refractivity contribution >= 4 is 0 Å². The molecule has 0 amide bonds. The summed E-state index contributed by atoms with van der Waals surface area (Å²) >= 11 is 0. The molecule has 0 heterocycles. The minimum absolute atomic E-state index is 0.221. The van der Waals surface area contributed by atoms with Gasteiger partial charge in [0.05, 0.1) is 6.61 Å². The second-order valence-corrected chi connectivity index (χ2v) is 6.06. The van der Waals surface area contributed by atoms with E-state index in [1.807, 2.05) is 0 Å². The van der Waals surface area contributed by atoms with E-state index in [2.05, 4.69) is 25.7 Å². The van der Waals surface area contributed by atoms with Crippen LogP contribution in [-0.4, -0.2) is 43.3 Å². The van der Waals surface area contributed by atoms with Crippen LogP contribution in [0.2, 0.25) is 0 Å². The number of methoxy groups -OCH3 is 1. The second-order valence-electron chi connectivity index (χ2n) is 6.06. The molecule has 1 fully saturated rings. The molecule has 0 aromatic carbocycles. The first-order valence-electron chi connectivity index (χ1n) is 7.55. The third-order valence-corrected chi connectivity index (χ3v) is 4.76. The van der Waals surface area contributed by atoms with Gasteiger partial charge in [0.1, 0.15) is 0 Å². The molecule has 108 valence electrons. The van der Waals surface area contributed by atoms with E-state index in [0.717, 1.165) is 25.6 Å². The lowest BCUT2D eigenvalue weighted by Crippen LogP contribution is -2.59. The van der Waals surface area contributed by atoms with Gasteiger partial charge in [-0.25, -0.2) is 0 Å². The van der Waals surface area contributed by atoms with Crippen LogP contribution < -0.4 is 5.73 Å². The van der Waals surface area contributed by atoms with Gasteiger partial charge in [-0.2, -0.15) is 0 Å². The Labute approximate surface area is 113 Å². The van der Waals surface area contributed by atoms with Gasteiger partial charge < -0.3 is 10.5 Å². The Morgan fingerprint density at radius 1 is 1.33 bits per heavy atom. The zero-order chi connectivity index (χ0) is 13.6. The molecule has 0 aromatic heterocycles. The topological polar surface area (TPSA) is 38.5 Å². The SMILES string of the molecule is CCC1CCC(CN)(N(CCOC)C(C)C)CC1. The Bertz CT molecular complexity index is 223. The summed E-state index contributed by atoms with van der Waals surface area (Å²) in [5.74, 6) is 0.918. The number of nitrogens with two attached hydrogens (primary N) is 1. The van der Waals surface area contributed by atoms with E-state index in [9.17, 15) is 0 Å². The highest BCUT2D eigenvalue weighted by atomic mass is 16.5. The minimum atomic E-state index is 0.221. The molecule has 3 nitrogen and oxygen atoms in total. The van der Waals surface area contributed by atoms with Crippen LogP contribution in [0.4, 0.5) is 0 Å². The predicted molar refractivity (Wildman–Crippen MR) is 77.8 cm³/mol. The van der Waals surface area contributed by atoms with Gasteiger partial charge in [0.25, 0.3) is 0 Å². The molecule has 0 atom stereocenters. The summed E-state index contributed by atoms with van der Waals surface area (Å²) in [4.78, 5) is 2.59. The molecule has 0 bridgehead atoms. The van der Waals surface area contributed by atoms with Crippen molar-refractivity contribution in [3.05, 3.63) is 0 Å². The average Bonchev–Trinajstić information content (AvgIpc) is 2.39. The summed E-state index contributed by atoms with van der Waals surface area (Å²) in [5, 5.41) is 0. The maximum atomic E-state index is 6.15. The Hall–Kier alpha value is -0.120. The summed E-state index contributed by atoms with van der Waals surface area (Å²) in [6.07, 6.45) is 6.50. The fraction of sp³-hybridized carbons (Fsp3) is 1.00. The van der Waals surface area contributed by atoms with Crippen LogP contribution in [0.3, 0.4) is 0 Å². The largest absolute Gasteiger partial charge is 0.383 e. The van der Waals surface area contributed by atoms with Crippen LogP contribution in [0.25, 0.3) is 0 Å². The van der Waals surface area contributed by atoms with E-state index in [4.69, 9.17) is 10.5 Å². The van der Waals surface area contributed by atoms with E-state index in [0.29, 0.717) is 6.04 Å². The molecule has 0 spiro atoms. The zero-order valence-electron chi connectivity index (χ0n) is 12.7. The maximum Gasteiger partial charge on any atom is 0.0590 e. The molecule has 1 rings (SSSR count). The minimum Gasteiger partial charge on any atom is -0.383 e. The molecule has 0 aliphatic heterocycles. The standard InChI is InChI=1S/C15H32N2O/c1-5-14-6-8-15(12-16,9-7-14)17(13(2)3)10-11-18-4/h13-14H,5-12,16H2,1-4H3. The van der Waals surface area contributed by atoms with Gasteiger partial charge in [0.15, 0.2) is 0 Å². The Balaban J connectivity index is 2.71. The van der Waals surface area contributed by atoms with Crippen molar-refractivity contribution in [2.45, 2.75) is 64.5 Å². The van der Waals surface area contributed by atoms with E-state index in [1.165, 1.54) is 32.1 Å². The Morgan fingerprint density at radius 3 is 2.33 bits per heavy atom. The van der Waals surface area contributed by atoms with Gasteiger partial charge in [-0.05, 0) is 45.4 Å². The fourth-order valence-corrected chi connectivity index (χ4v) is 3.46. The van der Waals surface area contributed by atoms with Crippen LogP contribution in [0.1, 0.15) is 52.9 Å². The van der Waals surface area contributed by atoms with Crippen molar-refractivity contribution in [2.75, 3.05) is 26.8 Å². The van der Waals surface area contributed by atoms with Crippen molar-refractivity contribution in [2.24, 2.45) is 11.7 Å². The maximum absolute atomic E-state index is 6.15. The smallest absolute Gasteiger partial charge is 0.0590 e. The highest BCUT2D eigenvalue weighted by Gasteiger charge is 2.39. The van der Waals surface area contributed by atoms with Crippen molar-refractivity contribution in [3.8, 4) is 0 Å². The first-order chi connectivity index (χ1) is 8.59. The molecule has 0 radical (unpaired) electrons. The summed E-state index contributed by atoms with van der Waals surface area (Å²) in [6, 6.07) is 0.543. The first-order valence-corrected chi connectivity index (χ1v) is 7.55. The molecule has 1 aliphatic rings. The van der Waals surface area contributed by atoms with Gasteiger partial charge >= 0.3 is 0 Å². The molecule has 2 N–H and O–H groups in total. The molecule has 1 aliphatic carbocycles. The van der Waals surface area contributed by atoms with Gasteiger partial charge in [0, 0.05) is 31.8 Å². The third-order valence-electron chi connectivity index (χ3n) is 4.76. The first kappa shape index (κ1) is 15.9. The number of nitrogens with zero attached hydrogens (tertiary/aromatic N) is 1. The van der Waals surface area contributed by atoms with Crippen molar-refractivity contribution in [1.29, 1.82) is 0 Å². The second kappa shape index (κ2) is 7.46. The number of hydrogen-bond donors (Lipinski definition) is 1. The van der Waals surface area contributed by atoms with E-state index < -0.39 is 0 Å². The molecule has 3 heteroatoms. The van der Waals surface area contributed by atoms with Crippen LogP contribution in [0.15, 0.2) is 0 Å². The summed E-state index contributed by atoms with van der Waals surface area (Å²) in [5.41, 5.74) is 6.37. The summed E-state index contributed by atoms with van der Waals surface area (Å²) in [6.45, 7) is 9.45. The van der Waals surface area contributed by atoms with E-state index >= 15 is 0 Å². The lowest BCUT2D eigenvalue weighted by atomic mass is 9.74. The summed E-state index contributed by atoms with van der Waals surface area (Å²) in [7, 11) is 1.78. The molecule has 1 saturated carbocycles. The van der Waals surface area contributed by atoms with Crippen molar-refractivity contribution in [1.82, 2.24) is 4.90 Å². The summed E-state index contributed by atoms with van der Waals surface area (Å²) < 4.78 is 5.26. The lowest BCUT2D eigenvalue weighted by Gasteiger charge is -2.49. The molecule has 0 aromatic rings. The lowest BCUT2D eigenvalue weighted by molar-refractivity contribution is 0.000309. The quantitative estimate of drug-likeness (QED) is 0.761. The van der Waals surface area contributed by atoms with Crippen molar-refractivity contribution in [3.63, 3.8) is 0 Å². The molecule has 0 saturated heterocycles. The van der Waals surface area contributed by atoms with Gasteiger partial charge in [0.2, 0.25) is 0 Å². The van der Waals surface area contributed by atoms with Crippen LogP contribution in [-0.2, 0) is 4.74 Å². The molecular formula is C15H32N2O. The number of ether oxygens (including phenoxy) is 1. The van der Waals surface area contributed by atoms with Gasteiger partial charge in [-0.15, -0.1) is 0 Å². The molecule has 18 heavy (non-hydrogen) atoms. The van der Waals surface area contributed by atoms with E-state index in [1.54, 1.807) is 7.11 Å². The number of hydrogen-bond acceptors (Lipinski definition) is 3. The van der Waals surface area contributed by atoms with Gasteiger partial charge in [-0.1, -0.05) is 13.3 Å². The van der Waals surface area contributed by atoms with Crippen molar-refractivity contribution < 1.29 is 4.74 Å². The predicted octanol–water partition coefficient (Wildman–Crippen LogP) is 2.64. The average molecular weight is 256 g/mol. The normalized spacial score (nSPS) is 29.2. The van der Waals surface area contributed by atoms with Crippen LogP contribution in [0, 0.1) is 5.92 Å². The Kier molecular flexibility index (Phi) is 6.61. The van der Waals surface area contributed by atoms with Gasteiger partial charge in [-0.3, -0.25) is 4.90 Å². The Morgan fingerprint density at radius 2 is 1.94 bits per heavy atom. The molecule has 0 unspecified atom stereocenters. The van der Waals surface area contributed by atoms with Crippen LogP contribution in [0.5, 0.6) is 0 Å². The number of rotatable bonds is 7. The fourth-order valence-electron chi connectivity index (χ4n) is 3.46. The van der Waals surface area contributed by atoms with Crippen LogP contribution >= 0.6 is 0 Å². The third kappa shape index (κ3) is 3.69. The molecular weight excluding hydrogens is 224 g/mol.